The molecule has 43 heavy (non-hydrogen) atoms. The lowest BCUT2D eigenvalue weighted by Gasteiger charge is -2.63. The fraction of sp³-hybridized carbons (Fsp3) is 0.972. The maximum Gasteiger partial charge on any atom is 0.303 e. The number of hydrogen-bond acceptors (Lipinski definition) is 7. The molecule has 7 heteroatoms. The van der Waals surface area contributed by atoms with E-state index >= 15 is 0 Å². The average Bonchev–Trinajstić information content (AvgIpc) is 3.52. The zero-order valence-electron chi connectivity index (χ0n) is 28.7. The van der Waals surface area contributed by atoms with Crippen LogP contribution in [-0.4, -0.2) is 84.5 Å². The molecule has 0 radical (unpaired) electrons. The van der Waals surface area contributed by atoms with Crippen molar-refractivity contribution in [1.82, 2.24) is 4.90 Å². The Balaban J connectivity index is 1.28. The lowest BCUT2D eigenvalue weighted by atomic mass is 9.41. The fourth-order valence-corrected chi connectivity index (χ4v) is 13.0. The maximum atomic E-state index is 12.5. The van der Waals surface area contributed by atoms with Crippen molar-refractivity contribution in [3.63, 3.8) is 0 Å². The van der Waals surface area contributed by atoms with Gasteiger partial charge in [0, 0.05) is 18.9 Å². The minimum absolute atomic E-state index is 0.0261. The highest BCUT2D eigenvalue weighted by Gasteiger charge is 2.84. The van der Waals surface area contributed by atoms with E-state index in [0.29, 0.717) is 35.2 Å². The molecule has 6 aliphatic rings. The van der Waals surface area contributed by atoms with Crippen molar-refractivity contribution < 1.29 is 29.2 Å². The van der Waals surface area contributed by atoms with Gasteiger partial charge in [0.05, 0.1) is 36.6 Å². The van der Waals surface area contributed by atoms with Gasteiger partial charge in [-0.15, -0.1) is 0 Å². The number of rotatable bonds is 7. The molecule has 246 valence electrons. The molecule has 1 unspecified atom stereocenters. The Bertz CT molecular complexity index is 1100. The van der Waals surface area contributed by atoms with Crippen LogP contribution in [0.1, 0.15) is 107 Å². The zero-order chi connectivity index (χ0) is 31.5. The topological polar surface area (TPSA) is 88.5 Å². The molecule has 1 saturated heterocycles. The summed E-state index contributed by atoms with van der Waals surface area (Å²) in [7, 11) is 4.23. The Hall–Kier alpha value is -0.730. The molecule has 0 bridgehead atoms. The summed E-state index contributed by atoms with van der Waals surface area (Å²) in [5.41, 5.74) is -0.682. The van der Waals surface area contributed by atoms with Crippen molar-refractivity contribution in [2.45, 2.75) is 143 Å². The lowest BCUT2D eigenvalue weighted by molar-refractivity contribution is -0.216. The van der Waals surface area contributed by atoms with Gasteiger partial charge in [0.2, 0.25) is 0 Å². The predicted molar refractivity (Wildman–Crippen MR) is 166 cm³/mol. The molecule has 0 aromatic heterocycles. The zero-order valence-corrected chi connectivity index (χ0v) is 28.7. The molecule has 5 saturated carbocycles. The Morgan fingerprint density at radius 3 is 2.33 bits per heavy atom. The molecule has 6 rings (SSSR count). The van der Waals surface area contributed by atoms with Gasteiger partial charge in [-0.05, 0) is 125 Å². The smallest absolute Gasteiger partial charge is 0.303 e. The first-order valence-electron chi connectivity index (χ1n) is 17.4. The Kier molecular flexibility index (Phi) is 7.59. The first-order chi connectivity index (χ1) is 19.9. The van der Waals surface area contributed by atoms with Crippen LogP contribution in [0.3, 0.4) is 0 Å². The number of aliphatic hydroxyl groups excluding tert-OH is 1. The number of fused-ring (bicyclic) bond motifs is 4. The van der Waals surface area contributed by atoms with E-state index < -0.39 is 29.9 Å². The third-order valence-electron chi connectivity index (χ3n) is 14.9. The number of carbonyl (C=O) groups excluding carboxylic acids is 1. The van der Waals surface area contributed by atoms with Crippen LogP contribution < -0.4 is 0 Å². The van der Waals surface area contributed by atoms with Crippen LogP contribution in [0.25, 0.3) is 0 Å². The lowest BCUT2D eigenvalue weighted by Crippen LogP contribution is -2.60. The van der Waals surface area contributed by atoms with Crippen molar-refractivity contribution in [3.8, 4) is 0 Å². The van der Waals surface area contributed by atoms with Gasteiger partial charge < -0.3 is 29.3 Å². The van der Waals surface area contributed by atoms with E-state index in [4.69, 9.17) is 14.2 Å². The summed E-state index contributed by atoms with van der Waals surface area (Å²) in [5, 5.41) is 23.5. The highest BCUT2D eigenvalue weighted by atomic mass is 16.6. The molecule has 0 aromatic carbocycles. The number of esters is 1. The van der Waals surface area contributed by atoms with Crippen molar-refractivity contribution in [2.24, 2.45) is 50.7 Å². The van der Waals surface area contributed by atoms with Crippen molar-refractivity contribution in [1.29, 1.82) is 0 Å². The highest BCUT2D eigenvalue weighted by molar-refractivity contribution is 5.66. The van der Waals surface area contributed by atoms with Crippen LogP contribution in [0.2, 0.25) is 0 Å². The molecule has 2 spiro atoms. The average molecular weight is 604 g/mol. The third kappa shape index (κ3) is 4.33. The van der Waals surface area contributed by atoms with E-state index in [1.165, 1.54) is 39.0 Å². The second kappa shape index (κ2) is 10.1. The van der Waals surface area contributed by atoms with E-state index in [-0.39, 0.29) is 34.2 Å². The first kappa shape index (κ1) is 32.2. The van der Waals surface area contributed by atoms with Gasteiger partial charge in [0.25, 0.3) is 0 Å². The predicted octanol–water partition coefficient (Wildman–Crippen LogP) is 5.45. The number of hydrogen-bond donors (Lipinski definition) is 2. The molecule has 6 fully saturated rings. The van der Waals surface area contributed by atoms with Crippen molar-refractivity contribution in [3.05, 3.63) is 0 Å². The SMILES string of the molecule is CC(=O)O[C@@H]([C@H]1C[C@@H](C)[C@H]2[C@H](O1)[C@H](O)[C@@]1(C)[C@@H]3CC[C@H]4C(C)(C)[C@@H](OCCN(C)C)CCC45C[C@@]35CC[C@]21C)C(C)(C)O. The van der Waals surface area contributed by atoms with Crippen LogP contribution in [0.15, 0.2) is 0 Å². The minimum Gasteiger partial charge on any atom is -0.457 e. The summed E-state index contributed by atoms with van der Waals surface area (Å²) < 4.78 is 19.1. The number of nitrogens with zero attached hydrogens (tertiary/aromatic N) is 1. The summed E-state index contributed by atoms with van der Waals surface area (Å²) in [6.45, 7) is 18.7. The molecular weight excluding hydrogens is 542 g/mol. The molecule has 0 aromatic rings. The van der Waals surface area contributed by atoms with Crippen LogP contribution in [0, 0.1) is 50.7 Å². The second-order valence-electron chi connectivity index (χ2n) is 17.9. The molecule has 5 aliphatic carbocycles. The number of ether oxygens (including phenoxy) is 3. The molecule has 2 N–H and O–H groups in total. The van der Waals surface area contributed by atoms with Gasteiger partial charge in [0.1, 0.15) is 0 Å². The van der Waals surface area contributed by atoms with Crippen LogP contribution >= 0.6 is 0 Å². The standard InChI is InChI=1S/C36H61NO6/c1-21-19-23(30(32(5,6)40)42-22(2)38)43-28-27(21)33(7)15-16-36-20-35(36)14-13-26(41-18-17-37(9)10)31(3,4)24(35)11-12-25(36)34(33,8)29(28)39/h21,23-30,39-40H,11-20H2,1-10H3/t21-,23-,24+,25+,26+,27+,28+,29+,30+,33-,34-,35?,36+/m1/s1. The third-order valence-corrected chi connectivity index (χ3v) is 14.9. The summed E-state index contributed by atoms with van der Waals surface area (Å²) >= 11 is 0. The normalized spacial score (nSPS) is 50.5. The monoisotopic (exact) mass is 603 g/mol. The Morgan fingerprint density at radius 1 is 1.05 bits per heavy atom. The van der Waals surface area contributed by atoms with Gasteiger partial charge in [-0.1, -0.05) is 34.6 Å². The minimum atomic E-state index is -1.24. The van der Waals surface area contributed by atoms with Gasteiger partial charge in [-0.2, -0.15) is 0 Å². The quantitative estimate of drug-likeness (QED) is 0.374. The molecule has 1 heterocycles. The molecular formula is C36H61NO6. The summed E-state index contributed by atoms with van der Waals surface area (Å²) in [5.74, 6) is 1.26. The van der Waals surface area contributed by atoms with Gasteiger partial charge in [-0.25, -0.2) is 0 Å². The van der Waals surface area contributed by atoms with Crippen molar-refractivity contribution >= 4 is 5.97 Å². The van der Waals surface area contributed by atoms with Crippen LogP contribution in [0.4, 0.5) is 0 Å². The van der Waals surface area contributed by atoms with Crippen molar-refractivity contribution in [2.75, 3.05) is 27.2 Å². The maximum absolute atomic E-state index is 12.5. The van der Waals surface area contributed by atoms with E-state index in [9.17, 15) is 15.0 Å². The van der Waals surface area contributed by atoms with Gasteiger partial charge in [0.15, 0.2) is 6.10 Å². The van der Waals surface area contributed by atoms with Crippen LogP contribution in [-0.2, 0) is 19.0 Å². The highest BCUT2D eigenvalue weighted by Crippen LogP contribution is 2.89. The fourth-order valence-electron chi connectivity index (χ4n) is 13.0. The molecule has 7 nitrogen and oxygen atoms in total. The summed E-state index contributed by atoms with van der Waals surface area (Å²) in [6, 6.07) is 0. The van der Waals surface area contributed by atoms with E-state index in [0.717, 1.165) is 26.0 Å². The molecule has 13 atom stereocenters. The molecule has 0 amide bonds. The van der Waals surface area contributed by atoms with E-state index in [2.05, 4.69) is 53.6 Å². The van der Waals surface area contributed by atoms with Gasteiger partial charge in [-0.3, -0.25) is 4.79 Å². The largest absolute Gasteiger partial charge is 0.457 e. The summed E-state index contributed by atoms with van der Waals surface area (Å²) in [6.07, 6.45) is 7.40. The van der Waals surface area contributed by atoms with Gasteiger partial charge >= 0.3 is 5.97 Å². The number of likely N-dealkylation sites (N-methyl/N-ethyl adjacent to an activating group) is 1. The number of aliphatic hydroxyl groups is 2. The van der Waals surface area contributed by atoms with E-state index in [1.807, 2.05) is 0 Å². The van der Waals surface area contributed by atoms with Crippen LogP contribution in [0.5, 0.6) is 0 Å². The summed E-state index contributed by atoms with van der Waals surface area (Å²) in [4.78, 5) is 14.2. The second-order valence-corrected chi connectivity index (χ2v) is 17.9. The first-order valence-corrected chi connectivity index (χ1v) is 17.4. The van der Waals surface area contributed by atoms with E-state index in [1.54, 1.807) is 13.8 Å². The number of carbonyl (C=O) groups is 1. The molecule has 1 aliphatic heterocycles. The Labute approximate surface area is 260 Å². The Morgan fingerprint density at radius 2 is 1.70 bits per heavy atom.